The maximum absolute atomic E-state index is 12.1. The lowest BCUT2D eigenvalue weighted by molar-refractivity contribution is 0.0919. The fourth-order valence-electron chi connectivity index (χ4n) is 2.00. The van der Waals surface area contributed by atoms with Crippen molar-refractivity contribution in [3.8, 4) is 11.5 Å². The van der Waals surface area contributed by atoms with Gasteiger partial charge in [-0.3, -0.25) is 4.79 Å². The first-order valence-electron chi connectivity index (χ1n) is 7.56. The van der Waals surface area contributed by atoms with Gasteiger partial charge in [0.05, 0.1) is 30.5 Å². The Morgan fingerprint density at radius 1 is 1.08 bits per heavy atom. The summed E-state index contributed by atoms with van der Waals surface area (Å²) in [6.45, 7) is 5.71. The zero-order valence-electron chi connectivity index (χ0n) is 14.8. The van der Waals surface area contributed by atoms with Crippen molar-refractivity contribution in [2.45, 2.75) is 26.3 Å². The molecule has 2 N–H and O–H groups in total. The summed E-state index contributed by atoms with van der Waals surface area (Å²) in [5, 5.41) is 6.31. The molecule has 1 aromatic heterocycles. The van der Waals surface area contributed by atoms with Gasteiger partial charge in [-0.25, -0.2) is 9.97 Å². The van der Waals surface area contributed by atoms with Crippen molar-refractivity contribution >= 4 is 29.1 Å². The minimum Gasteiger partial charge on any atom is -0.495 e. The van der Waals surface area contributed by atoms with Crippen LogP contribution in [-0.2, 0) is 0 Å². The summed E-state index contributed by atoms with van der Waals surface area (Å²) >= 11 is 6.08. The number of nitrogens with zero attached hydrogens (tertiary/aromatic N) is 2. The number of halogens is 1. The monoisotopic (exact) mass is 364 g/mol. The third-order valence-corrected chi connectivity index (χ3v) is 3.42. The molecule has 0 bridgehead atoms. The molecule has 0 fully saturated rings. The van der Waals surface area contributed by atoms with Gasteiger partial charge in [0.15, 0.2) is 0 Å². The Hall–Kier alpha value is -2.54. The Kier molecular flexibility index (Phi) is 5.69. The molecule has 0 aliphatic carbocycles. The lowest BCUT2D eigenvalue weighted by atomic mass is 10.1. The predicted octanol–water partition coefficient (Wildman–Crippen LogP) is 3.42. The first kappa shape index (κ1) is 18.8. The Balaban J connectivity index is 2.20. The van der Waals surface area contributed by atoms with Gasteiger partial charge in [0.1, 0.15) is 11.5 Å². The van der Waals surface area contributed by atoms with Crippen LogP contribution in [0.15, 0.2) is 24.5 Å². The number of methoxy groups -OCH3 is 2. The van der Waals surface area contributed by atoms with E-state index in [1.54, 1.807) is 12.1 Å². The van der Waals surface area contributed by atoms with Crippen LogP contribution in [0, 0.1) is 0 Å². The first-order valence-corrected chi connectivity index (χ1v) is 7.94. The fraction of sp³-hybridized carbons (Fsp3) is 0.353. The second-order valence-electron chi connectivity index (χ2n) is 6.31. The van der Waals surface area contributed by atoms with E-state index in [9.17, 15) is 4.79 Å². The van der Waals surface area contributed by atoms with Crippen molar-refractivity contribution in [1.29, 1.82) is 0 Å². The van der Waals surface area contributed by atoms with E-state index in [0.29, 0.717) is 33.7 Å². The van der Waals surface area contributed by atoms with Crippen LogP contribution < -0.4 is 20.1 Å². The molecule has 0 unspecified atom stereocenters. The van der Waals surface area contributed by atoms with Gasteiger partial charge in [-0.2, -0.15) is 0 Å². The van der Waals surface area contributed by atoms with Crippen molar-refractivity contribution < 1.29 is 14.3 Å². The number of amides is 1. The normalized spacial score (nSPS) is 11.0. The number of nitrogens with one attached hydrogen (secondary N) is 2. The second-order valence-corrected chi connectivity index (χ2v) is 6.72. The molecule has 25 heavy (non-hydrogen) atoms. The predicted molar refractivity (Wildman–Crippen MR) is 97.1 cm³/mol. The number of hydrogen-bond donors (Lipinski definition) is 2. The topological polar surface area (TPSA) is 85.4 Å². The lowest BCUT2D eigenvalue weighted by Gasteiger charge is -2.20. The molecule has 1 aromatic carbocycles. The third kappa shape index (κ3) is 4.96. The SMILES string of the molecule is COc1cc(Nc2ncc(C(=O)NC(C)(C)C)cn2)c(OC)cc1Cl. The van der Waals surface area contributed by atoms with Crippen LogP contribution in [0.25, 0.3) is 0 Å². The van der Waals surface area contributed by atoms with Gasteiger partial charge in [0.25, 0.3) is 5.91 Å². The summed E-state index contributed by atoms with van der Waals surface area (Å²) in [4.78, 5) is 20.4. The standard InChI is InChI=1S/C17H21ClN4O3/c1-17(2,3)22-15(23)10-8-19-16(20-9-10)21-12-7-13(24-4)11(18)6-14(12)25-5/h6-9H,1-5H3,(H,22,23)(H,19,20,21). The van der Waals surface area contributed by atoms with E-state index >= 15 is 0 Å². The van der Waals surface area contributed by atoms with E-state index in [-0.39, 0.29) is 11.4 Å². The van der Waals surface area contributed by atoms with Crippen LogP contribution in [0.3, 0.4) is 0 Å². The highest BCUT2D eigenvalue weighted by molar-refractivity contribution is 6.32. The number of rotatable bonds is 5. The van der Waals surface area contributed by atoms with Crippen molar-refractivity contribution in [3.05, 3.63) is 35.1 Å². The van der Waals surface area contributed by atoms with Crippen LogP contribution in [0.1, 0.15) is 31.1 Å². The Bertz CT molecular complexity index is 758. The van der Waals surface area contributed by atoms with E-state index in [1.807, 2.05) is 20.8 Å². The number of benzene rings is 1. The van der Waals surface area contributed by atoms with E-state index < -0.39 is 0 Å². The van der Waals surface area contributed by atoms with Gasteiger partial charge in [-0.1, -0.05) is 11.6 Å². The van der Waals surface area contributed by atoms with Crippen LogP contribution in [0.5, 0.6) is 11.5 Å². The Labute approximate surface area is 151 Å². The van der Waals surface area contributed by atoms with Gasteiger partial charge in [0.2, 0.25) is 5.95 Å². The highest BCUT2D eigenvalue weighted by atomic mass is 35.5. The second kappa shape index (κ2) is 7.57. The molecule has 0 aliphatic rings. The molecule has 0 aliphatic heterocycles. The summed E-state index contributed by atoms with van der Waals surface area (Å²) in [5.41, 5.74) is 0.637. The Morgan fingerprint density at radius 3 is 2.20 bits per heavy atom. The quantitative estimate of drug-likeness (QED) is 0.845. The summed E-state index contributed by atoms with van der Waals surface area (Å²) in [6.07, 6.45) is 2.91. The smallest absolute Gasteiger partial charge is 0.254 e. The molecule has 8 heteroatoms. The first-order chi connectivity index (χ1) is 11.7. The summed E-state index contributed by atoms with van der Waals surface area (Å²) in [7, 11) is 3.06. The molecule has 2 aromatic rings. The minimum absolute atomic E-state index is 0.232. The molecular formula is C17H21ClN4O3. The van der Waals surface area contributed by atoms with Crippen LogP contribution in [0.4, 0.5) is 11.6 Å². The van der Waals surface area contributed by atoms with E-state index in [1.165, 1.54) is 26.6 Å². The highest BCUT2D eigenvalue weighted by Crippen LogP contribution is 2.36. The van der Waals surface area contributed by atoms with E-state index in [2.05, 4.69) is 20.6 Å². The molecule has 1 amide bonds. The van der Waals surface area contributed by atoms with Crippen molar-refractivity contribution in [2.75, 3.05) is 19.5 Å². The Morgan fingerprint density at radius 2 is 1.68 bits per heavy atom. The molecule has 1 heterocycles. The van der Waals surface area contributed by atoms with Crippen molar-refractivity contribution in [1.82, 2.24) is 15.3 Å². The van der Waals surface area contributed by atoms with Crippen molar-refractivity contribution in [3.63, 3.8) is 0 Å². The summed E-state index contributed by atoms with van der Waals surface area (Å²) in [5.74, 6) is 1.09. The van der Waals surface area contributed by atoms with Gasteiger partial charge in [-0.05, 0) is 20.8 Å². The molecule has 134 valence electrons. The molecule has 0 saturated carbocycles. The molecule has 0 spiro atoms. The number of carbonyl (C=O) groups is 1. The fourth-order valence-corrected chi connectivity index (χ4v) is 2.23. The third-order valence-electron chi connectivity index (χ3n) is 3.12. The van der Waals surface area contributed by atoms with Gasteiger partial charge < -0.3 is 20.1 Å². The lowest BCUT2D eigenvalue weighted by Crippen LogP contribution is -2.40. The summed E-state index contributed by atoms with van der Waals surface area (Å²) < 4.78 is 10.5. The maximum Gasteiger partial charge on any atom is 0.254 e. The van der Waals surface area contributed by atoms with E-state index in [4.69, 9.17) is 21.1 Å². The van der Waals surface area contributed by atoms with E-state index in [0.717, 1.165) is 0 Å². The average Bonchev–Trinajstić information content (AvgIpc) is 2.55. The number of hydrogen-bond acceptors (Lipinski definition) is 6. The zero-order chi connectivity index (χ0) is 18.6. The highest BCUT2D eigenvalue weighted by Gasteiger charge is 2.16. The summed E-state index contributed by atoms with van der Waals surface area (Å²) in [6, 6.07) is 3.32. The van der Waals surface area contributed by atoms with Crippen LogP contribution in [-0.4, -0.2) is 35.6 Å². The molecule has 0 saturated heterocycles. The zero-order valence-corrected chi connectivity index (χ0v) is 15.6. The van der Waals surface area contributed by atoms with Gasteiger partial charge in [0, 0.05) is 30.1 Å². The number of anilines is 2. The molecule has 0 radical (unpaired) electrons. The van der Waals surface area contributed by atoms with Crippen LogP contribution >= 0.6 is 11.6 Å². The largest absolute Gasteiger partial charge is 0.495 e. The van der Waals surface area contributed by atoms with Gasteiger partial charge in [-0.15, -0.1) is 0 Å². The maximum atomic E-state index is 12.1. The molecule has 0 atom stereocenters. The van der Waals surface area contributed by atoms with Crippen molar-refractivity contribution in [2.24, 2.45) is 0 Å². The minimum atomic E-state index is -0.332. The van der Waals surface area contributed by atoms with Crippen LogP contribution in [0.2, 0.25) is 5.02 Å². The molecule has 7 nitrogen and oxygen atoms in total. The average molecular weight is 365 g/mol. The van der Waals surface area contributed by atoms with Gasteiger partial charge >= 0.3 is 0 Å². The number of carbonyl (C=O) groups excluding carboxylic acids is 1. The number of ether oxygens (including phenoxy) is 2. The molecule has 2 rings (SSSR count). The molecular weight excluding hydrogens is 344 g/mol. The number of aromatic nitrogens is 2.